The number of hydrogen-bond acceptors (Lipinski definition) is 2. The molecular weight excluding hydrogens is 741 g/mol. The van der Waals surface area contributed by atoms with Gasteiger partial charge in [-0.25, -0.2) is 0 Å². The molecular formula is C58H38N2O. The summed E-state index contributed by atoms with van der Waals surface area (Å²) in [5.41, 5.74) is 15.4. The molecule has 0 saturated carbocycles. The van der Waals surface area contributed by atoms with Crippen LogP contribution in [0.2, 0.25) is 0 Å². The molecule has 2 aromatic heterocycles. The number of para-hydroxylation sites is 5. The molecule has 3 heteroatoms. The van der Waals surface area contributed by atoms with E-state index in [1.165, 1.54) is 49.3 Å². The summed E-state index contributed by atoms with van der Waals surface area (Å²) in [4.78, 5) is 2.36. The summed E-state index contributed by atoms with van der Waals surface area (Å²) in [6.07, 6.45) is 0. The standard InChI is InChI=1S/C58H38N2O/c1-2-18-46-39(14-1)15-12-23-47(46)40-30-34-43(35-31-40)59(45-17-11-16-42(38-45)49-24-13-25-53-52-22-6-10-29-57(52)61-58(49)53)44-36-32-41(33-37-44)48-19-3-7-26-54(48)60-55-27-8-4-20-50(55)51-21-5-9-28-56(51)60/h1-38H. The Balaban J connectivity index is 0.988. The Hall–Kier alpha value is -8.14. The first-order chi connectivity index (χ1) is 30.3. The molecule has 0 atom stereocenters. The normalized spacial score (nSPS) is 11.6. The highest BCUT2D eigenvalue weighted by molar-refractivity contribution is 6.11. The topological polar surface area (TPSA) is 21.3 Å². The van der Waals surface area contributed by atoms with Crippen LogP contribution in [-0.2, 0) is 0 Å². The zero-order chi connectivity index (χ0) is 40.3. The van der Waals surface area contributed by atoms with Crippen LogP contribution in [-0.4, -0.2) is 4.57 Å². The number of benzene rings is 10. The maximum atomic E-state index is 6.52. The summed E-state index contributed by atoms with van der Waals surface area (Å²) in [6, 6.07) is 82.9. The van der Waals surface area contributed by atoms with Crippen molar-refractivity contribution in [1.82, 2.24) is 4.57 Å². The SMILES string of the molecule is c1cc(-c2cccc3c2oc2ccccc23)cc(N(c2ccc(-c3ccccc3-n3c4ccccc4c4ccccc43)cc2)c2ccc(-c3cccc4ccccc34)cc2)c1. The van der Waals surface area contributed by atoms with Crippen molar-refractivity contribution in [3.8, 4) is 39.1 Å². The van der Waals surface area contributed by atoms with Crippen molar-refractivity contribution < 1.29 is 4.42 Å². The lowest BCUT2D eigenvalue weighted by Crippen LogP contribution is -2.10. The third-order valence-corrected chi connectivity index (χ3v) is 12.2. The first kappa shape index (κ1) is 34.9. The molecule has 0 aliphatic carbocycles. The van der Waals surface area contributed by atoms with Crippen LogP contribution in [0.3, 0.4) is 0 Å². The van der Waals surface area contributed by atoms with Crippen molar-refractivity contribution in [3.63, 3.8) is 0 Å². The quantitative estimate of drug-likeness (QED) is 0.161. The molecule has 12 rings (SSSR count). The Morgan fingerprint density at radius 3 is 1.61 bits per heavy atom. The summed E-state index contributed by atoms with van der Waals surface area (Å²) >= 11 is 0. The van der Waals surface area contributed by atoms with E-state index in [0.29, 0.717) is 0 Å². The highest BCUT2D eigenvalue weighted by Crippen LogP contribution is 2.42. The van der Waals surface area contributed by atoms with Crippen molar-refractivity contribution in [2.45, 2.75) is 0 Å². The van der Waals surface area contributed by atoms with E-state index in [1.54, 1.807) is 0 Å². The summed E-state index contributed by atoms with van der Waals surface area (Å²) in [5.74, 6) is 0. The van der Waals surface area contributed by atoms with E-state index in [-0.39, 0.29) is 0 Å². The average Bonchev–Trinajstić information content (AvgIpc) is 3.88. The predicted molar refractivity (Wildman–Crippen MR) is 257 cm³/mol. The number of nitrogens with zero attached hydrogens (tertiary/aromatic N) is 2. The van der Waals surface area contributed by atoms with Gasteiger partial charge in [0.15, 0.2) is 0 Å². The fourth-order valence-electron chi connectivity index (χ4n) is 9.39. The van der Waals surface area contributed by atoms with Gasteiger partial charge in [-0.2, -0.15) is 0 Å². The molecule has 0 aliphatic rings. The Morgan fingerprint density at radius 2 is 0.852 bits per heavy atom. The molecule has 0 fully saturated rings. The van der Waals surface area contributed by atoms with Crippen LogP contribution in [0.5, 0.6) is 0 Å². The molecule has 0 aliphatic heterocycles. The van der Waals surface area contributed by atoms with Crippen LogP contribution in [0.1, 0.15) is 0 Å². The number of hydrogen-bond donors (Lipinski definition) is 0. The lowest BCUT2D eigenvalue weighted by Gasteiger charge is -2.26. The van der Waals surface area contributed by atoms with Gasteiger partial charge in [0, 0.05) is 49.7 Å². The molecule has 0 unspecified atom stereocenters. The molecule has 0 spiro atoms. The molecule has 0 N–H and O–H groups in total. The van der Waals surface area contributed by atoms with Crippen LogP contribution in [0, 0.1) is 0 Å². The van der Waals surface area contributed by atoms with E-state index in [4.69, 9.17) is 4.42 Å². The number of rotatable bonds is 7. The van der Waals surface area contributed by atoms with Crippen LogP contribution < -0.4 is 4.90 Å². The van der Waals surface area contributed by atoms with Gasteiger partial charge in [-0.05, 0) is 93.7 Å². The maximum absolute atomic E-state index is 6.52. The largest absolute Gasteiger partial charge is 0.455 e. The molecule has 12 aromatic rings. The second-order valence-corrected chi connectivity index (χ2v) is 15.7. The summed E-state index contributed by atoms with van der Waals surface area (Å²) in [6.45, 7) is 0. The lowest BCUT2D eigenvalue weighted by atomic mass is 9.98. The summed E-state index contributed by atoms with van der Waals surface area (Å²) in [7, 11) is 0. The number of fused-ring (bicyclic) bond motifs is 7. The highest BCUT2D eigenvalue weighted by Gasteiger charge is 2.19. The summed E-state index contributed by atoms with van der Waals surface area (Å²) < 4.78 is 8.93. The van der Waals surface area contributed by atoms with E-state index in [1.807, 2.05) is 12.1 Å². The third kappa shape index (κ3) is 5.82. The van der Waals surface area contributed by atoms with Crippen molar-refractivity contribution in [3.05, 3.63) is 231 Å². The molecule has 2 heterocycles. The van der Waals surface area contributed by atoms with Gasteiger partial charge in [0.25, 0.3) is 0 Å². The van der Waals surface area contributed by atoms with Gasteiger partial charge in [0.2, 0.25) is 0 Å². The van der Waals surface area contributed by atoms with Crippen molar-refractivity contribution in [1.29, 1.82) is 0 Å². The minimum Gasteiger partial charge on any atom is -0.455 e. The molecule has 286 valence electrons. The fraction of sp³-hybridized carbons (Fsp3) is 0. The molecule has 0 radical (unpaired) electrons. The van der Waals surface area contributed by atoms with Crippen LogP contribution in [0.25, 0.3) is 93.6 Å². The first-order valence-corrected chi connectivity index (χ1v) is 20.8. The predicted octanol–water partition coefficient (Wildman–Crippen LogP) is 16.3. The second-order valence-electron chi connectivity index (χ2n) is 15.7. The van der Waals surface area contributed by atoms with E-state index < -0.39 is 0 Å². The van der Waals surface area contributed by atoms with Crippen molar-refractivity contribution >= 4 is 71.6 Å². The average molecular weight is 779 g/mol. The number of anilines is 3. The molecule has 3 nitrogen and oxygen atoms in total. The first-order valence-electron chi connectivity index (χ1n) is 20.8. The number of aromatic nitrogens is 1. The second kappa shape index (κ2) is 14.3. The van der Waals surface area contributed by atoms with Gasteiger partial charge >= 0.3 is 0 Å². The smallest absolute Gasteiger partial charge is 0.143 e. The molecule has 61 heavy (non-hydrogen) atoms. The minimum absolute atomic E-state index is 0.897. The van der Waals surface area contributed by atoms with Crippen LogP contribution >= 0.6 is 0 Å². The Morgan fingerprint density at radius 1 is 0.328 bits per heavy atom. The summed E-state index contributed by atoms with van der Waals surface area (Å²) in [5, 5.41) is 7.24. The van der Waals surface area contributed by atoms with Crippen LogP contribution in [0.15, 0.2) is 235 Å². The third-order valence-electron chi connectivity index (χ3n) is 12.2. The molecule has 10 aromatic carbocycles. The lowest BCUT2D eigenvalue weighted by molar-refractivity contribution is 0.670. The zero-order valence-electron chi connectivity index (χ0n) is 33.2. The van der Waals surface area contributed by atoms with E-state index in [2.05, 4.69) is 228 Å². The maximum Gasteiger partial charge on any atom is 0.143 e. The van der Waals surface area contributed by atoms with Gasteiger partial charge in [-0.3, -0.25) is 0 Å². The van der Waals surface area contributed by atoms with E-state index in [9.17, 15) is 0 Å². The van der Waals surface area contributed by atoms with Gasteiger partial charge in [0.05, 0.1) is 16.7 Å². The Kier molecular flexibility index (Phi) is 8.17. The van der Waals surface area contributed by atoms with Crippen molar-refractivity contribution in [2.75, 3.05) is 4.90 Å². The molecule has 0 saturated heterocycles. The van der Waals surface area contributed by atoms with Gasteiger partial charge < -0.3 is 13.9 Å². The Bertz CT molecular complexity index is 3530. The monoisotopic (exact) mass is 778 g/mol. The highest BCUT2D eigenvalue weighted by atomic mass is 16.3. The van der Waals surface area contributed by atoms with Gasteiger partial charge in [-0.1, -0.05) is 170 Å². The zero-order valence-corrected chi connectivity index (χ0v) is 33.2. The van der Waals surface area contributed by atoms with E-state index >= 15 is 0 Å². The van der Waals surface area contributed by atoms with Crippen molar-refractivity contribution in [2.24, 2.45) is 0 Å². The molecule has 0 bridgehead atoms. The van der Waals surface area contributed by atoms with Gasteiger partial charge in [0.1, 0.15) is 11.2 Å². The van der Waals surface area contributed by atoms with E-state index in [0.717, 1.165) is 61.4 Å². The fourth-order valence-corrected chi connectivity index (χ4v) is 9.39. The Labute approximate surface area is 353 Å². The minimum atomic E-state index is 0.897. The number of furan rings is 1. The van der Waals surface area contributed by atoms with Gasteiger partial charge in [-0.15, -0.1) is 0 Å². The molecule has 0 amide bonds. The van der Waals surface area contributed by atoms with Crippen LogP contribution in [0.4, 0.5) is 17.1 Å².